The number of hydrogen-bond acceptors (Lipinski definition) is 3. The van der Waals surface area contributed by atoms with Crippen LogP contribution in [0.1, 0.15) is 17.2 Å². The summed E-state index contributed by atoms with van der Waals surface area (Å²) < 4.78 is 24.0. The average Bonchev–Trinajstić information content (AvgIpc) is 2.46. The molecule has 0 spiro atoms. The summed E-state index contributed by atoms with van der Waals surface area (Å²) in [7, 11) is 3.06. The lowest BCUT2D eigenvalue weighted by Crippen LogP contribution is -2.14. The lowest BCUT2D eigenvalue weighted by atomic mass is 9.97. The highest BCUT2D eigenvalue weighted by atomic mass is 35.5. The molecule has 0 aliphatic heterocycles. The van der Waals surface area contributed by atoms with Crippen molar-refractivity contribution in [3.8, 4) is 11.5 Å². The Bertz CT molecular complexity index is 565. The summed E-state index contributed by atoms with van der Waals surface area (Å²) in [4.78, 5) is 0. The molecule has 2 N–H and O–H groups in total. The van der Waals surface area contributed by atoms with Gasteiger partial charge in [0.25, 0.3) is 0 Å². The Morgan fingerprint density at radius 3 is 2.15 bits per heavy atom. The number of methoxy groups -OCH3 is 2. The van der Waals surface area contributed by atoms with Crippen molar-refractivity contribution >= 4 is 11.6 Å². The number of benzene rings is 2. The summed E-state index contributed by atoms with van der Waals surface area (Å²) in [6.07, 6.45) is 0. The van der Waals surface area contributed by atoms with Gasteiger partial charge >= 0.3 is 0 Å². The lowest BCUT2D eigenvalue weighted by molar-refractivity contribution is 0.399. The Balaban J connectivity index is 2.53. The molecule has 0 bridgehead atoms. The largest absolute Gasteiger partial charge is 0.496 e. The molecule has 5 heteroatoms. The first-order chi connectivity index (χ1) is 9.56. The number of halogens is 2. The van der Waals surface area contributed by atoms with Gasteiger partial charge in [0.05, 0.1) is 20.3 Å². The van der Waals surface area contributed by atoms with Crippen molar-refractivity contribution in [3.63, 3.8) is 0 Å². The van der Waals surface area contributed by atoms with E-state index in [9.17, 15) is 4.39 Å². The van der Waals surface area contributed by atoms with Crippen LogP contribution < -0.4 is 15.2 Å². The monoisotopic (exact) mass is 295 g/mol. The first-order valence-corrected chi connectivity index (χ1v) is 6.37. The summed E-state index contributed by atoms with van der Waals surface area (Å²) >= 11 is 5.99. The second-order valence-corrected chi connectivity index (χ2v) is 4.69. The van der Waals surface area contributed by atoms with Crippen LogP contribution in [-0.4, -0.2) is 14.2 Å². The zero-order valence-corrected chi connectivity index (χ0v) is 11.9. The van der Waals surface area contributed by atoms with Gasteiger partial charge in [-0.3, -0.25) is 0 Å². The predicted molar refractivity (Wildman–Crippen MR) is 77.0 cm³/mol. The Morgan fingerprint density at radius 1 is 1.00 bits per heavy atom. The van der Waals surface area contributed by atoms with E-state index in [0.717, 1.165) is 0 Å². The van der Waals surface area contributed by atoms with E-state index >= 15 is 0 Å². The molecular formula is C15H15ClFNO2. The maximum absolute atomic E-state index is 13.5. The average molecular weight is 296 g/mol. The summed E-state index contributed by atoms with van der Waals surface area (Å²) in [5, 5.41) is 0.534. The maximum Gasteiger partial charge on any atom is 0.124 e. The molecule has 1 unspecified atom stereocenters. The molecule has 106 valence electrons. The molecule has 0 heterocycles. The minimum atomic E-state index is -0.603. The molecular weight excluding hydrogens is 281 g/mol. The van der Waals surface area contributed by atoms with Gasteiger partial charge in [0, 0.05) is 16.1 Å². The minimum Gasteiger partial charge on any atom is -0.496 e. The van der Waals surface area contributed by atoms with E-state index in [1.807, 2.05) is 0 Å². The van der Waals surface area contributed by atoms with Crippen LogP contribution in [0.3, 0.4) is 0 Å². The Labute approximate surface area is 122 Å². The van der Waals surface area contributed by atoms with E-state index in [-0.39, 0.29) is 5.82 Å². The fourth-order valence-corrected chi connectivity index (χ4v) is 2.24. The first kappa shape index (κ1) is 14.6. The highest BCUT2D eigenvalue weighted by Crippen LogP contribution is 2.34. The van der Waals surface area contributed by atoms with E-state index in [2.05, 4.69) is 0 Å². The van der Waals surface area contributed by atoms with Gasteiger partial charge in [-0.05, 0) is 36.4 Å². The van der Waals surface area contributed by atoms with Gasteiger partial charge in [0.1, 0.15) is 17.3 Å². The van der Waals surface area contributed by atoms with Crippen molar-refractivity contribution in [1.82, 2.24) is 0 Å². The number of ether oxygens (including phenoxy) is 2. The van der Waals surface area contributed by atoms with Crippen molar-refractivity contribution in [2.75, 3.05) is 14.2 Å². The van der Waals surface area contributed by atoms with E-state index in [1.54, 1.807) is 31.4 Å². The molecule has 0 aliphatic rings. The molecule has 0 saturated heterocycles. The molecule has 1 atom stereocenters. The van der Waals surface area contributed by atoms with Crippen LogP contribution in [0, 0.1) is 5.82 Å². The molecule has 3 nitrogen and oxygen atoms in total. The Kier molecular flexibility index (Phi) is 4.47. The molecule has 20 heavy (non-hydrogen) atoms. The van der Waals surface area contributed by atoms with E-state index in [1.165, 1.54) is 19.2 Å². The van der Waals surface area contributed by atoms with Crippen molar-refractivity contribution < 1.29 is 13.9 Å². The first-order valence-electron chi connectivity index (χ1n) is 5.99. The lowest BCUT2D eigenvalue weighted by Gasteiger charge is -2.19. The normalized spacial score (nSPS) is 12.1. The van der Waals surface area contributed by atoms with Gasteiger partial charge in [-0.1, -0.05) is 11.6 Å². The third-order valence-corrected chi connectivity index (χ3v) is 3.29. The smallest absolute Gasteiger partial charge is 0.124 e. The molecule has 0 saturated carbocycles. The molecule has 0 amide bonds. The van der Waals surface area contributed by atoms with Crippen LogP contribution >= 0.6 is 11.6 Å². The zero-order chi connectivity index (χ0) is 14.7. The Hall–Kier alpha value is -1.78. The van der Waals surface area contributed by atoms with Crippen LogP contribution in [0.15, 0.2) is 36.4 Å². The number of nitrogens with two attached hydrogens (primary N) is 1. The Morgan fingerprint density at radius 2 is 1.55 bits per heavy atom. The summed E-state index contributed by atoms with van der Waals surface area (Å²) in [6, 6.07) is 8.75. The fourth-order valence-electron chi connectivity index (χ4n) is 2.06. The number of rotatable bonds is 4. The topological polar surface area (TPSA) is 44.5 Å². The van der Waals surface area contributed by atoms with Crippen LogP contribution in [0.5, 0.6) is 11.5 Å². The van der Waals surface area contributed by atoms with Gasteiger partial charge in [0.15, 0.2) is 0 Å². The highest BCUT2D eigenvalue weighted by molar-refractivity contribution is 6.30. The van der Waals surface area contributed by atoms with E-state index in [0.29, 0.717) is 27.6 Å². The van der Waals surface area contributed by atoms with Gasteiger partial charge in [-0.15, -0.1) is 0 Å². The van der Waals surface area contributed by atoms with Crippen LogP contribution in [0.4, 0.5) is 4.39 Å². The SMILES string of the molecule is COc1ccc(F)cc1C(N)c1cc(Cl)ccc1OC. The van der Waals surface area contributed by atoms with Gasteiger partial charge in [0.2, 0.25) is 0 Å². The molecule has 2 aromatic carbocycles. The zero-order valence-electron chi connectivity index (χ0n) is 11.2. The van der Waals surface area contributed by atoms with Crippen molar-refractivity contribution in [2.45, 2.75) is 6.04 Å². The summed E-state index contributed by atoms with van der Waals surface area (Å²) in [6.45, 7) is 0. The second-order valence-electron chi connectivity index (χ2n) is 4.25. The maximum atomic E-state index is 13.5. The predicted octanol–water partition coefficient (Wildman–Crippen LogP) is 3.54. The second kappa shape index (κ2) is 6.11. The molecule has 0 aromatic heterocycles. The third kappa shape index (κ3) is 2.86. The third-order valence-electron chi connectivity index (χ3n) is 3.05. The standard InChI is InChI=1S/C15H15ClFNO2/c1-19-13-5-3-9(16)7-11(13)15(18)12-8-10(17)4-6-14(12)20-2/h3-8,15H,18H2,1-2H3. The molecule has 0 aliphatic carbocycles. The van der Waals surface area contributed by atoms with Gasteiger partial charge in [-0.25, -0.2) is 4.39 Å². The van der Waals surface area contributed by atoms with E-state index < -0.39 is 6.04 Å². The van der Waals surface area contributed by atoms with Gasteiger partial charge < -0.3 is 15.2 Å². The van der Waals surface area contributed by atoms with Crippen LogP contribution in [0.25, 0.3) is 0 Å². The van der Waals surface area contributed by atoms with Crippen molar-refractivity contribution in [1.29, 1.82) is 0 Å². The molecule has 2 aromatic rings. The summed E-state index contributed by atoms with van der Waals surface area (Å²) in [5.41, 5.74) is 7.43. The van der Waals surface area contributed by atoms with Crippen LogP contribution in [0.2, 0.25) is 5.02 Å². The van der Waals surface area contributed by atoms with Crippen molar-refractivity contribution in [3.05, 3.63) is 58.4 Å². The summed E-state index contributed by atoms with van der Waals surface area (Å²) in [5.74, 6) is 0.728. The van der Waals surface area contributed by atoms with E-state index in [4.69, 9.17) is 26.8 Å². The quantitative estimate of drug-likeness (QED) is 0.938. The fraction of sp³-hybridized carbons (Fsp3) is 0.200. The molecule has 0 radical (unpaired) electrons. The highest BCUT2D eigenvalue weighted by Gasteiger charge is 2.19. The minimum absolute atomic E-state index is 0.378. The molecule has 0 fully saturated rings. The van der Waals surface area contributed by atoms with Crippen molar-refractivity contribution in [2.24, 2.45) is 5.73 Å². The molecule has 2 rings (SSSR count). The number of hydrogen-bond donors (Lipinski definition) is 1. The van der Waals surface area contributed by atoms with Crippen LogP contribution in [-0.2, 0) is 0 Å². The van der Waals surface area contributed by atoms with Gasteiger partial charge in [-0.2, -0.15) is 0 Å².